The maximum absolute atomic E-state index is 11.9. The number of likely N-dealkylation sites (tertiary alicyclic amines) is 1. The highest BCUT2D eigenvalue weighted by Crippen LogP contribution is 2.38. The molecular weight excluding hydrogens is 322 g/mol. The summed E-state index contributed by atoms with van der Waals surface area (Å²) < 4.78 is 0. The lowest BCUT2D eigenvalue weighted by atomic mass is 9.97. The maximum atomic E-state index is 11.9. The molecule has 0 aliphatic carbocycles. The number of aromatic nitrogens is 3. The third-order valence-electron chi connectivity index (χ3n) is 4.40. The summed E-state index contributed by atoms with van der Waals surface area (Å²) in [6, 6.07) is 4.04. The minimum absolute atomic E-state index is 0.259. The first kappa shape index (κ1) is 15.2. The normalized spacial score (nSPS) is 18.2. The highest BCUT2D eigenvalue weighted by atomic mass is 32.1. The van der Waals surface area contributed by atoms with Gasteiger partial charge in [-0.2, -0.15) is 0 Å². The zero-order chi connectivity index (χ0) is 16.5. The van der Waals surface area contributed by atoms with E-state index in [1.165, 1.54) is 16.9 Å². The van der Waals surface area contributed by atoms with E-state index in [1.54, 1.807) is 18.6 Å². The van der Waals surface area contributed by atoms with Gasteiger partial charge in [-0.15, -0.1) is 11.3 Å². The van der Waals surface area contributed by atoms with Crippen LogP contribution >= 0.6 is 11.3 Å². The van der Waals surface area contributed by atoms with E-state index in [2.05, 4.69) is 25.9 Å². The number of primary amides is 1. The van der Waals surface area contributed by atoms with Crippen molar-refractivity contribution in [1.29, 1.82) is 0 Å². The quantitative estimate of drug-likeness (QED) is 0.787. The smallest absolute Gasteiger partial charge is 0.259 e. The van der Waals surface area contributed by atoms with Gasteiger partial charge in [-0.1, -0.05) is 6.07 Å². The Morgan fingerprint density at radius 3 is 3.00 bits per heavy atom. The van der Waals surface area contributed by atoms with Gasteiger partial charge in [-0.3, -0.25) is 19.7 Å². The Hall–Kier alpha value is -2.38. The fourth-order valence-corrected chi connectivity index (χ4v) is 4.41. The van der Waals surface area contributed by atoms with Crippen LogP contribution in [0.1, 0.15) is 33.1 Å². The first-order valence-electron chi connectivity index (χ1n) is 7.87. The van der Waals surface area contributed by atoms with E-state index in [9.17, 15) is 4.79 Å². The molecule has 4 rings (SSSR count). The molecule has 122 valence electrons. The van der Waals surface area contributed by atoms with Gasteiger partial charge in [0, 0.05) is 49.4 Å². The number of carbonyl (C=O) groups excluding carboxylic acids is 1. The van der Waals surface area contributed by atoms with Crippen molar-refractivity contribution in [3.8, 4) is 0 Å². The second-order valence-electron chi connectivity index (χ2n) is 6.00. The van der Waals surface area contributed by atoms with Crippen LogP contribution < -0.4 is 5.73 Å². The monoisotopic (exact) mass is 339 g/mol. The Bertz CT molecular complexity index is 879. The van der Waals surface area contributed by atoms with Gasteiger partial charge in [0.05, 0.1) is 4.88 Å². The standard InChI is InChI=1S/C17H17N5OS/c18-16(23)15-13(14-17(24-15)21-6-5-20-14)12-3-7-22(10-12)9-11-2-1-4-19-8-11/h1-2,4-6,8,12H,3,7,9-10H2,(H2,18,23). The molecule has 0 radical (unpaired) electrons. The summed E-state index contributed by atoms with van der Waals surface area (Å²) in [5.74, 6) is -0.130. The average molecular weight is 339 g/mol. The molecule has 0 aromatic carbocycles. The number of carbonyl (C=O) groups is 1. The minimum atomic E-state index is -0.388. The van der Waals surface area contributed by atoms with Crippen LogP contribution in [0.4, 0.5) is 0 Å². The molecule has 1 aliphatic rings. The summed E-state index contributed by atoms with van der Waals surface area (Å²) >= 11 is 1.35. The average Bonchev–Trinajstić information content (AvgIpc) is 3.19. The van der Waals surface area contributed by atoms with Crippen LogP contribution in [0.2, 0.25) is 0 Å². The summed E-state index contributed by atoms with van der Waals surface area (Å²) in [5, 5.41) is 0. The van der Waals surface area contributed by atoms with Crippen molar-refractivity contribution in [2.75, 3.05) is 13.1 Å². The van der Waals surface area contributed by atoms with Gasteiger partial charge in [0.15, 0.2) is 0 Å². The number of hydrogen-bond donors (Lipinski definition) is 1. The van der Waals surface area contributed by atoms with Crippen molar-refractivity contribution in [3.63, 3.8) is 0 Å². The topological polar surface area (TPSA) is 85.0 Å². The van der Waals surface area contributed by atoms with Crippen LogP contribution in [0.15, 0.2) is 36.9 Å². The first-order valence-corrected chi connectivity index (χ1v) is 8.68. The molecule has 0 bridgehead atoms. The van der Waals surface area contributed by atoms with Gasteiger partial charge < -0.3 is 5.73 Å². The first-order chi connectivity index (χ1) is 11.7. The predicted octanol–water partition coefficient (Wildman–Crippen LogP) is 2.17. The van der Waals surface area contributed by atoms with E-state index in [0.717, 1.165) is 42.0 Å². The molecular formula is C17H17N5OS. The van der Waals surface area contributed by atoms with Gasteiger partial charge in [-0.25, -0.2) is 4.98 Å². The Kier molecular flexibility index (Phi) is 3.95. The number of fused-ring (bicyclic) bond motifs is 1. The number of nitrogens with two attached hydrogens (primary N) is 1. The number of nitrogens with zero attached hydrogens (tertiary/aromatic N) is 4. The molecule has 0 saturated carbocycles. The molecule has 2 N–H and O–H groups in total. The Balaban J connectivity index is 1.62. The van der Waals surface area contributed by atoms with Crippen molar-refractivity contribution in [1.82, 2.24) is 19.9 Å². The van der Waals surface area contributed by atoms with Gasteiger partial charge in [-0.05, 0) is 24.6 Å². The van der Waals surface area contributed by atoms with Crippen LogP contribution in [0.3, 0.4) is 0 Å². The highest BCUT2D eigenvalue weighted by molar-refractivity contribution is 7.20. The Labute approximate surface area is 143 Å². The zero-order valence-electron chi connectivity index (χ0n) is 13.1. The fraction of sp³-hybridized carbons (Fsp3) is 0.294. The van der Waals surface area contributed by atoms with Crippen LogP contribution in [0.5, 0.6) is 0 Å². The largest absolute Gasteiger partial charge is 0.365 e. The molecule has 4 heterocycles. The van der Waals surface area contributed by atoms with E-state index < -0.39 is 0 Å². The van der Waals surface area contributed by atoms with Crippen LogP contribution in [0, 0.1) is 0 Å². The second-order valence-corrected chi connectivity index (χ2v) is 7.00. The lowest BCUT2D eigenvalue weighted by Gasteiger charge is -2.16. The van der Waals surface area contributed by atoms with Crippen molar-refractivity contribution < 1.29 is 4.79 Å². The molecule has 1 atom stereocenters. The summed E-state index contributed by atoms with van der Waals surface area (Å²) in [5.41, 5.74) is 8.60. The van der Waals surface area contributed by atoms with Gasteiger partial charge in [0.2, 0.25) is 0 Å². The highest BCUT2D eigenvalue weighted by Gasteiger charge is 2.31. The molecule has 0 spiro atoms. The summed E-state index contributed by atoms with van der Waals surface area (Å²) in [7, 11) is 0. The van der Waals surface area contributed by atoms with Crippen molar-refractivity contribution in [2.24, 2.45) is 5.73 Å². The number of pyridine rings is 1. The zero-order valence-corrected chi connectivity index (χ0v) is 13.9. The van der Waals surface area contributed by atoms with Gasteiger partial charge in [0.25, 0.3) is 5.91 Å². The summed E-state index contributed by atoms with van der Waals surface area (Å²) in [4.78, 5) is 28.6. The fourth-order valence-electron chi connectivity index (χ4n) is 3.37. The molecule has 1 fully saturated rings. The van der Waals surface area contributed by atoms with E-state index in [1.807, 2.05) is 12.3 Å². The van der Waals surface area contributed by atoms with Crippen molar-refractivity contribution in [3.05, 3.63) is 52.9 Å². The summed E-state index contributed by atoms with van der Waals surface area (Å²) in [6.45, 7) is 2.73. The van der Waals surface area contributed by atoms with Crippen LogP contribution in [-0.4, -0.2) is 38.8 Å². The van der Waals surface area contributed by atoms with Crippen molar-refractivity contribution >= 4 is 27.6 Å². The molecule has 1 amide bonds. The van der Waals surface area contributed by atoms with Gasteiger partial charge >= 0.3 is 0 Å². The van der Waals surface area contributed by atoms with Crippen LogP contribution in [0.25, 0.3) is 10.3 Å². The molecule has 1 unspecified atom stereocenters. The van der Waals surface area contributed by atoms with Crippen LogP contribution in [-0.2, 0) is 6.54 Å². The molecule has 3 aromatic rings. The Morgan fingerprint density at radius 2 is 2.21 bits per heavy atom. The molecule has 1 aliphatic heterocycles. The SMILES string of the molecule is NC(=O)c1sc2nccnc2c1C1CCN(Cc2cccnc2)C1. The third kappa shape index (κ3) is 2.76. The molecule has 6 nitrogen and oxygen atoms in total. The number of hydrogen-bond acceptors (Lipinski definition) is 6. The van der Waals surface area contributed by atoms with E-state index in [-0.39, 0.29) is 11.8 Å². The van der Waals surface area contributed by atoms with Crippen molar-refractivity contribution in [2.45, 2.75) is 18.9 Å². The summed E-state index contributed by atoms with van der Waals surface area (Å²) in [6.07, 6.45) is 7.99. The minimum Gasteiger partial charge on any atom is -0.365 e. The second kappa shape index (κ2) is 6.26. The molecule has 7 heteroatoms. The number of thiophene rings is 1. The Morgan fingerprint density at radius 1 is 1.33 bits per heavy atom. The lowest BCUT2D eigenvalue weighted by molar-refractivity contribution is 0.100. The van der Waals surface area contributed by atoms with E-state index in [4.69, 9.17) is 5.73 Å². The number of amides is 1. The van der Waals surface area contributed by atoms with E-state index >= 15 is 0 Å². The molecule has 24 heavy (non-hydrogen) atoms. The number of rotatable bonds is 4. The predicted molar refractivity (Wildman–Crippen MR) is 92.8 cm³/mol. The third-order valence-corrected chi connectivity index (χ3v) is 5.51. The molecule has 1 saturated heterocycles. The maximum Gasteiger partial charge on any atom is 0.259 e. The van der Waals surface area contributed by atoms with Gasteiger partial charge in [0.1, 0.15) is 10.3 Å². The molecule has 3 aromatic heterocycles. The van der Waals surface area contributed by atoms with E-state index in [0.29, 0.717) is 4.88 Å². The lowest BCUT2D eigenvalue weighted by Crippen LogP contribution is -2.20.